The Labute approximate surface area is 162 Å². The fraction of sp³-hybridized carbons (Fsp3) is 0.522. The second kappa shape index (κ2) is 8.58. The van der Waals surface area contributed by atoms with Crippen LogP contribution in [-0.2, 0) is 12.2 Å². The number of nitrogens with zero attached hydrogens (tertiary/aromatic N) is 1. The van der Waals surface area contributed by atoms with Gasteiger partial charge in [0.25, 0.3) is 0 Å². The molecule has 26 heavy (non-hydrogen) atoms. The standard InChI is InChI=1S/C23H30N2S/c24-23-13-11-18(5-3-6-19-4-1-2-7-22(19)23)20-10-12-21(25-14-20)16-26-15-17-8-9-17/h1-2,4,7,10,12,14,17-18,23H,3,5-6,8-9,11,13,15-16,24H2/t18-,23-/m1/s1. The lowest BCUT2D eigenvalue weighted by Crippen LogP contribution is -2.13. The van der Waals surface area contributed by atoms with Crippen LogP contribution in [0.2, 0.25) is 0 Å². The average Bonchev–Trinajstić information content (AvgIpc) is 3.48. The van der Waals surface area contributed by atoms with Crippen LogP contribution >= 0.6 is 11.8 Å². The van der Waals surface area contributed by atoms with Crippen LogP contribution in [0.3, 0.4) is 0 Å². The van der Waals surface area contributed by atoms with E-state index in [-0.39, 0.29) is 6.04 Å². The lowest BCUT2D eigenvalue weighted by Gasteiger charge is -2.18. The van der Waals surface area contributed by atoms with Crippen molar-refractivity contribution < 1.29 is 0 Å². The van der Waals surface area contributed by atoms with Crippen molar-refractivity contribution in [2.45, 2.75) is 62.7 Å². The molecule has 2 N–H and O–H groups in total. The molecule has 4 rings (SSSR count). The summed E-state index contributed by atoms with van der Waals surface area (Å²) in [5.74, 6) is 3.95. The fourth-order valence-corrected chi connectivity index (χ4v) is 5.22. The van der Waals surface area contributed by atoms with Crippen molar-refractivity contribution >= 4 is 11.8 Å². The fourth-order valence-electron chi connectivity index (χ4n) is 4.05. The highest BCUT2D eigenvalue weighted by atomic mass is 32.2. The van der Waals surface area contributed by atoms with E-state index in [1.54, 1.807) is 0 Å². The highest BCUT2D eigenvalue weighted by Gasteiger charge is 2.21. The van der Waals surface area contributed by atoms with Gasteiger partial charge in [-0.15, -0.1) is 0 Å². The summed E-state index contributed by atoms with van der Waals surface area (Å²) in [5, 5.41) is 0. The van der Waals surface area contributed by atoms with Crippen LogP contribution in [-0.4, -0.2) is 10.7 Å². The third kappa shape index (κ3) is 4.69. The van der Waals surface area contributed by atoms with Crippen molar-refractivity contribution in [3.05, 3.63) is 65.0 Å². The minimum absolute atomic E-state index is 0.165. The Kier molecular flexibility index (Phi) is 5.96. The van der Waals surface area contributed by atoms with Gasteiger partial charge in [-0.05, 0) is 85.3 Å². The molecule has 3 heteroatoms. The number of rotatable bonds is 5. The van der Waals surface area contributed by atoms with Gasteiger partial charge in [0.15, 0.2) is 0 Å². The molecule has 0 aliphatic heterocycles. The Bertz CT molecular complexity index is 708. The van der Waals surface area contributed by atoms with Gasteiger partial charge in [0.2, 0.25) is 0 Å². The molecule has 1 aromatic heterocycles. The van der Waals surface area contributed by atoms with E-state index in [2.05, 4.69) is 42.6 Å². The summed E-state index contributed by atoms with van der Waals surface area (Å²) in [6, 6.07) is 13.5. The Morgan fingerprint density at radius 3 is 2.69 bits per heavy atom. The molecular formula is C23H30N2S. The molecule has 1 saturated carbocycles. The third-order valence-electron chi connectivity index (χ3n) is 5.90. The van der Waals surface area contributed by atoms with Gasteiger partial charge in [-0.3, -0.25) is 4.98 Å². The number of thioether (sulfide) groups is 1. The van der Waals surface area contributed by atoms with Crippen molar-refractivity contribution in [1.29, 1.82) is 0 Å². The summed E-state index contributed by atoms with van der Waals surface area (Å²) in [4.78, 5) is 4.76. The average molecular weight is 367 g/mol. The molecule has 2 aliphatic rings. The zero-order valence-electron chi connectivity index (χ0n) is 15.6. The predicted molar refractivity (Wildman–Crippen MR) is 111 cm³/mol. The van der Waals surface area contributed by atoms with Crippen LogP contribution in [0.15, 0.2) is 42.6 Å². The number of fused-ring (bicyclic) bond motifs is 1. The summed E-state index contributed by atoms with van der Waals surface area (Å²) in [7, 11) is 0. The van der Waals surface area contributed by atoms with E-state index in [4.69, 9.17) is 10.7 Å². The van der Waals surface area contributed by atoms with Gasteiger partial charge in [-0.2, -0.15) is 11.8 Å². The summed E-state index contributed by atoms with van der Waals surface area (Å²) in [6.45, 7) is 0. The first-order valence-corrected chi connectivity index (χ1v) is 11.3. The first-order valence-electron chi connectivity index (χ1n) is 10.2. The molecule has 2 atom stereocenters. The molecular weight excluding hydrogens is 336 g/mol. The highest BCUT2D eigenvalue weighted by Crippen LogP contribution is 2.34. The quantitative estimate of drug-likeness (QED) is 0.746. The molecule has 1 fully saturated rings. The number of nitrogens with two attached hydrogens (primary N) is 1. The Hall–Kier alpha value is -1.32. The molecule has 1 heterocycles. The molecule has 1 aromatic carbocycles. The Morgan fingerprint density at radius 2 is 1.88 bits per heavy atom. The number of pyridine rings is 1. The van der Waals surface area contributed by atoms with Crippen LogP contribution in [0.5, 0.6) is 0 Å². The van der Waals surface area contributed by atoms with E-state index in [9.17, 15) is 0 Å². The van der Waals surface area contributed by atoms with Crippen LogP contribution in [0.4, 0.5) is 0 Å². The van der Waals surface area contributed by atoms with Crippen LogP contribution in [0.25, 0.3) is 0 Å². The summed E-state index contributed by atoms with van der Waals surface area (Å²) in [6.07, 6.45) is 10.8. The molecule has 0 radical (unpaired) electrons. The topological polar surface area (TPSA) is 38.9 Å². The molecule has 0 bridgehead atoms. The molecule has 0 unspecified atom stereocenters. The molecule has 0 saturated heterocycles. The summed E-state index contributed by atoms with van der Waals surface area (Å²) < 4.78 is 0. The van der Waals surface area contributed by atoms with E-state index in [1.165, 1.54) is 53.8 Å². The van der Waals surface area contributed by atoms with Crippen molar-refractivity contribution in [3.8, 4) is 0 Å². The molecule has 0 spiro atoms. The van der Waals surface area contributed by atoms with E-state index in [1.807, 2.05) is 11.8 Å². The van der Waals surface area contributed by atoms with E-state index < -0.39 is 0 Å². The van der Waals surface area contributed by atoms with Crippen LogP contribution in [0, 0.1) is 5.92 Å². The van der Waals surface area contributed by atoms with Crippen molar-refractivity contribution in [2.24, 2.45) is 11.7 Å². The zero-order valence-corrected chi connectivity index (χ0v) is 16.4. The maximum Gasteiger partial charge on any atom is 0.0502 e. The second-order valence-electron chi connectivity index (χ2n) is 8.01. The minimum atomic E-state index is 0.165. The van der Waals surface area contributed by atoms with Gasteiger partial charge in [-0.1, -0.05) is 30.3 Å². The lowest BCUT2D eigenvalue weighted by molar-refractivity contribution is 0.509. The largest absolute Gasteiger partial charge is 0.324 e. The van der Waals surface area contributed by atoms with Crippen molar-refractivity contribution in [1.82, 2.24) is 4.98 Å². The van der Waals surface area contributed by atoms with Crippen LogP contribution in [0.1, 0.15) is 72.9 Å². The molecule has 138 valence electrons. The normalized spacial score (nSPS) is 23.6. The molecule has 0 amide bonds. The Balaban J connectivity index is 1.38. The maximum atomic E-state index is 6.52. The van der Waals surface area contributed by atoms with Gasteiger partial charge < -0.3 is 5.73 Å². The minimum Gasteiger partial charge on any atom is -0.324 e. The van der Waals surface area contributed by atoms with Crippen molar-refractivity contribution in [3.63, 3.8) is 0 Å². The van der Waals surface area contributed by atoms with E-state index in [0.29, 0.717) is 5.92 Å². The maximum absolute atomic E-state index is 6.52. The summed E-state index contributed by atoms with van der Waals surface area (Å²) >= 11 is 2.04. The van der Waals surface area contributed by atoms with Gasteiger partial charge in [0.05, 0.1) is 5.69 Å². The first-order chi connectivity index (χ1) is 12.8. The number of hydrogen-bond acceptors (Lipinski definition) is 3. The number of aryl methyl sites for hydroxylation is 1. The lowest BCUT2D eigenvalue weighted by atomic mass is 9.89. The SMILES string of the molecule is N[C@@H]1CC[C@H](c2ccc(CSCC3CC3)nc2)CCCc2ccccc21. The summed E-state index contributed by atoms with van der Waals surface area (Å²) in [5.41, 5.74) is 11.9. The highest BCUT2D eigenvalue weighted by molar-refractivity contribution is 7.98. The van der Waals surface area contributed by atoms with Crippen LogP contribution < -0.4 is 5.73 Å². The number of hydrogen-bond donors (Lipinski definition) is 1. The van der Waals surface area contributed by atoms with Gasteiger partial charge in [0.1, 0.15) is 0 Å². The van der Waals surface area contributed by atoms with Crippen molar-refractivity contribution in [2.75, 3.05) is 5.75 Å². The molecule has 2 aromatic rings. The van der Waals surface area contributed by atoms with E-state index >= 15 is 0 Å². The second-order valence-corrected chi connectivity index (χ2v) is 9.04. The van der Waals surface area contributed by atoms with Gasteiger partial charge in [0, 0.05) is 18.0 Å². The Morgan fingerprint density at radius 1 is 1.00 bits per heavy atom. The van der Waals surface area contributed by atoms with E-state index in [0.717, 1.165) is 30.9 Å². The third-order valence-corrected chi connectivity index (χ3v) is 7.11. The number of aromatic nitrogens is 1. The zero-order chi connectivity index (χ0) is 17.8. The smallest absolute Gasteiger partial charge is 0.0502 e. The van der Waals surface area contributed by atoms with Gasteiger partial charge >= 0.3 is 0 Å². The number of benzene rings is 1. The molecule has 2 nitrogen and oxygen atoms in total. The first kappa shape index (κ1) is 18.1. The van der Waals surface area contributed by atoms with Gasteiger partial charge in [-0.25, -0.2) is 0 Å². The predicted octanol–water partition coefficient (Wildman–Crippen LogP) is 5.62. The monoisotopic (exact) mass is 366 g/mol. The molecule has 2 aliphatic carbocycles.